The molecule has 94 valence electrons. The van der Waals surface area contributed by atoms with Gasteiger partial charge in [0.25, 0.3) is 0 Å². The van der Waals surface area contributed by atoms with Crippen molar-refractivity contribution < 1.29 is 4.74 Å². The Hall–Kier alpha value is -1.75. The number of methoxy groups -OCH3 is 1. The Morgan fingerprint density at radius 2 is 1.89 bits per heavy atom. The molecule has 1 heterocycles. The SMILES string of the molecule is COc1cnc(NCCSc2ccccc2)nc1. The van der Waals surface area contributed by atoms with Crippen LogP contribution in [0.15, 0.2) is 47.6 Å². The molecule has 0 bridgehead atoms. The lowest BCUT2D eigenvalue weighted by Gasteiger charge is -2.05. The van der Waals surface area contributed by atoms with Gasteiger partial charge in [-0.1, -0.05) is 18.2 Å². The highest BCUT2D eigenvalue weighted by molar-refractivity contribution is 7.99. The summed E-state index contributed by atoms with van der Waals surface area (Å²) in [6.45, 7) is 0.825. The van der Waals surface area contributed by atoms with E-state index < -0.39 is 0 Å². The van der Waals surface area contributed by atoms with E-state index in [-0.39, 0.29) is 0 Å². The molecule has 5 heteroatoms. The van der Waals surface area contributed by atoms with Crippen LogP contribution in [-0.4, -0.2) is 29.4 Å². The van der Waals surface area contributed by atoms with Gasteiger partial charge in [-0.2, -0.15) is 0 Å². The largest absolute Gasteiger partial charge is 0.494 e. The van der Waals surface area contributed by atoms with Crippen LogP contribution in [0.5, 0.6) is 5.75 Å². The third kappa shape index (κ3) is 3.92. The van der Waals surface area contributed by atoms with Crippen LogP contribution in [-0.2, 0) is 0 Å². The van der Waals surface area contributed by atoms with Crippen LogP contribution in [0.2, 0.25) is 0 Å². The molecule has 2 rings (SSSR count). The summed E-state index contributed by atoms with van der Waals surface area (Å²) in [5.74, 6) is 2.27. The fourth-order valence-corrected chi connectivity index (χ4v) is 2.15. The molecule has 0 saturated heterocycles. The van der Waals surface area contributed by atoms with Crippen molar-refractivity contribution >= 4 is 17.7 Å². The fraction of sp³-hybridized carbons (Fsp3) is 0.231. The minimum absolute atomic E-state index is 0.629. The average Bonchev–Trinajstić information content (AvgIpc) is 2.45. The monoisotopic (exact) mass is 261 g/mol. The minimum atomic E-state index is 0.629. The van der Waals surface area contributed by atoms with E-state index in [0.29, 0.717) is 11.7 Å². The standard InChI is InChI=1S/C13H15N3OS/c1-17-11-9-15-13(16-10-11)14-7-8-18-12-5-3-2-4-6-12/h2-6,9-10H,7-8H2,1H3,(H,14,15,16). The number of nitrogens with zero attached hydrogens (tertiary/aromatic N) is 2. The van der Waals surface area contributed by atoms with Crippen molar-refractivity contribution in [2.75, 3.05) is 24.7 Å². The molecule has 1 aromatic carbocycles. The molecule has 0 unspecified atom stereocenters. The van der Waals surface area contributed by atoms with Gasteiger partial charge in [0.15, 0.2) is 5.75 Å². The zero-order chi connectivity index (χ0) is 12.6. The number of hydrogen-bond acceptors (Lipinski definition) is 5. The molecule has 0 aliphatic carbocycles. The van der Waals surface area contributed by atoms with E-state index in [1.54, 1.807) is 31.3 Å². The average molecular weight is 261 g/mol. The Labute approximate surface area is 111 Å². The van der Waals surface area contributed by atoms with Crippen LogP contribution in [0.3, 0.4) is 0 Å². The second-order valence-electron chi connectivity index (χ2n) is 3.53. The highest BCUT2D eigenvalue weighted by atomic mass is 32.2. The zero-order valence-corrected chi connectivity index (χ0v) is 11.0. The lowest BCUT2D eigenvalue weighted by Crippen LogP contribution is -2.07. The number of nitrogens with one attached hydrogen (secondary N) is 1. The molecule has 0 saturated carbocycles. The molecule has 0 atom stereocenters. The summed E-state index contributed by atoms with van der Waals surface area (Å²) in [6, 6.07) is 10.3. The van der Waals surface area contributed by atoms with Gasteiger partial charge in [-0.3, -0.25) is 0 Å². The molecule has 18 heavy (non-hydrogen) atoms. The lowest BCUT2D eigenvalue weighted by atomic mass is 10.4. The highest BCUT2D eigenvalue weighted by Gasteiger charge is 1.97. The number of ether oxygens (including phenoxy) is 1. The van der Waals surface area contributed by atoms with Gasteiger partial charge in [-0.15, -0.1) is 11.8 Å². The van der Waals surface area contributed by atoms with Crippen LogP contribution in [0.1, 0.15) is 0 Å². The highest BCUT2D eigenvalue weighted by Crippen LogP contribution is 2.16. The summed E-state index contributed by atoms with van der Waals surface area (Å²) in [5.41, 5.74) is 0. The van der Waals surface area contributed by atoms with Gasteiger partial charge in [-0.05, 0) is 12.1 Å². The second-order valence-corrected chi connectivity index (χ2v) is 4.70. The molecular formula is C13H15N3OS. The first-order valence-corrected chi connectivity index (χ1v) is 6.65. The van der Waals surface area contributed by atoms with Gasteiger partial charge in [0, 0.05) is 17.2 Å². The predicted molar refractivity (Wildman–Crippen MR) is 74.2 cm³/mol. The molecule has 0 spiro atoms. The molecule has 1 aromatic heterocycles. The normalized spacial score (nSPS) is 10.1. The number of aromatic nitrogens is 2. The maximum Gasteiger partial charge on any atom is 0.222 e. The van der Waals surface area contributed by atoms with E-state index in [2.05, 4.69) is 27.4 Å². The van der Waals surface area contributed by atoms with E-state index in [9.17, 15) is 0 Å². The molecule has 0 aliphatic heterocycles. The van der Waals surface area contributed by atoms with Crippen molar-refractivity contribution in [2.45, 2.75) is 4.90 Å². The molecule has 0 amide bonds. The van der Waals surface area contributed by atoms with Crippen molar-refractivity contribution in [3.63, 3.8) is 0 Å². The molecule has 0 aliphatic rings. The van der Waals surface area contributed by atoms with Gasteiger partial charge >= 0.3 is 0 Å². The molecule has 1 N–H and O–H groups in total. The van der Waals surface area contributed by atoms with Crippen LogP contribution in [0, 0.1) is 0 Å². The topological polar surface area (TPSA) is 47.0 Å². The van der Waals surface area contributed by atoms with E-state index in [1.807, 2.05) is 18.2 Å². The lowest BCUT2D eigenvalue weighted by molar-refractivity contribution is 0.411. The number of hydrogen-bond donors (Lipinski definition) is 1. The van der Waals surface area contributed by atoms with Crippen molar-refractivity contribution in [3.05, 3.63) is 42.7 Å². The maximum atomic E-state index is 5.00. The zero-order valence-electron chi connectivity index (χ0n) is 10.2. The van der Waals surface area contributed by atoms with Crippen molar-refractivity contribution in [3.8, 4) is 5.75 Å². The summed E-state index contributed by atoms with van der Waals surface area (Å²) in [4.78, 5) is 9.55. The van der Waals surface area contributed by atoms with Crippen LogP contribution < -0.4 is 10.1 Å². The fourth-order valence-electron chi connectivity index (χ4n) is 1.36. The van der Waals surface area contributed by atoms with E-state index in [1.165, 1.54) is 4.90 Å². The van der Waals surface area contributed by atoms with Crippen LogP contribution >= 0.6 is 11.8 Å². The Morgan fingerprint density at radius 3 is 2.56 bits per heavy atom. The third-order valence-electron chi connectivity index (χ3n) is 2.26. The number of thioether (sulfide) groups is 1. The van der Waals surface area contributed by atoms with Gasteiger partial charge in [0.05, 0.1) is 19.5 Å². The second kappa shape index (κ2) is 6.86. The Bertz CT molecular complexity index is 461. The first kappa shape index (κ1) is 12.7. The summed E-state index contributed by atoms with van der Waals surface area (Å²) in [7, 11) is 1.60. The molecule has 0 fully saturated rings. The van der Waals surface area contributed by atoms with Crippen molar-refractivity contribution in [2.24, 2.45) is 0 Å². The van der Waals surface area contributed by atoms with Gasteiger partial charge in [0.2, 0.25) is 5.95 Å². The van der Waals surface area contributed by atoms with E-state index in [4.69, 9.17) is 4.74 Å². The summed E-state index contributed by atoms with van der Waals surface area (Å²) in [5, 5.41) is 3.17. The maximum absolute atomic E-state index is 5.00. The number of anilines is 1. The van der Waals surface area contributed by atoms with Crippen molar-refractivity contribution in [1.82, 2.24) is 9.97 Å². The smallest absolute Gasteiger partial charge is 0.222 e. The quantitative estimate of drug-likeness (QED) is 0.640. The summed E-state index contributed by atoms with van der Waals surface area (Å²) in [6.07, 6.45) is 3.30. The molecular weight excluding hydrogens is 246 g/mol. The van der Waals surface area contributed by atoms with Gasteiger partial charge in [0.1, 0.15) is 0 Å². The summed E-state index contributed by atoms with van der Waals surface area (Å²) < 4.78 is 5.00. The van der Waals surface area contributed by atoms with Crippen molar-refractivity contribution in [1.29, 1.82) is 0 Å². The predicted octanol–water partition coefficient (Wildman–Crippen LogP) is 2.69. The molecule has 0 radical (unpaired) electrons. The van der Waals surface area contributed by atoms with E-state index in [0.717, 1.165) is 12.3 Å². The third-order valence-corrected chi connectivity index (χ3v) is 3.27. The van der Waals surface area contributed by atoms with E-state index >= 15 is 0 Å². The summed E-state index contributed by atoms with van der Waals surface area (Å²) >= 11 is 1.80. The van der Waals surface area contributed by atoms with Gasteiger partial charge < -0.3 is 10.1 Å². The first-order chi connectivity index (χ1) is 8.88. The molecule has 2 aromatic rings. The van der Waals surface area contributed by atoms with Crippen LogP contribution in [0.4, 0.5) is 5.95 Å². The van der Waals surface area contributed by atoms with Crippen LogP contribution in [0.25, 0.3) is 0 Å². The first-order valence-electron chi connectivity index (χ1n) is 5.66. The minimum Gasteiger partial charge on any atom is -0.494 e. The number of rotatable bonds is 6. The number of benzene rings is 1. The Morgan fingerprint density at radius 1 is 1.17 bits per heavy atom. The Balaban J connectivity index is 1.72. The van der Waals surface area contributed by atoms with Gasteiger partial charge in [-0.25, -0.2) is 9.97 Å². The molecule has 4 nitrogen and oxygen atoms in total. The Kier molecular flexibility index (Phi) is 4.84.